The highest BCUT2D eigenvalue weighted by Gasteiger charge is 2.26. The molecule has 0 bridgehead atoms. The lowest BCUT2D eigenvalue weighted by Crippen LogP contribution is -2.13. The van der Waals surface area contributed by atoms with Crippen molar-refractivity contribution in [1.82, 2.24) is 19.6 Å². The smallest absolute Gasteiger partial charge is 0.248 e. The molecule has 0 aliphatic carbocycles. The number of aryl methyl sites for hydroxylation is 2. The SMILES string of the molecule is Cc1nn(Cc2c(F)c(F)c(F)c(F)c2F)c(C)c1NC(=O)/C=C/c1cnn(C)c1. The Labute approximate surface area is 167 Å². The summed E-state index contributed by atoms with van der Waals surface area (Å²) in [4.78, 5) is 12.2. The summed E-state index contributed by atoms with van der Waals surface area (Å²) in [6.07, 6.45) is 6.05. The number of amides is 1. The van der Waals surface area contributed by atoms with Crippen molar-refractivity contribution in [3.63, 3.8) is 0 Å². The largest absolute Gasteiger partial charge is 0.319 e. The summed E-state index contributed by atoms with van der Waals surface area (Å²) < 4.78 is 70.6. The van der Waals surface area contributed by atoms with E-state index in [1.54, 1.807) is 24.1 Å². The quantitative estimate of drug-likeness (QED) is 0.294. The number of carbonyl (C=O) groups is 1. The molecule has 6 nitrogen and oxygen atoms in total. The van der Waals surface area contributed by atoms with Gasteiger partial charge in [0.15, 0.2) is 23.3 Å². The summed E-state index contributed by atoms with van der Waals surface area (Å²) in [7, 11) is 1.73. The van der Waals surface area contributed by atoms with E-state index in [4.69, 9.17) is 0 Å². The van der Waals surface area contributed by atoms with Gasteiger partial charge in [-0.1, -0.05) is 0 Å². The molecule has 0 fully saturated rings. The molecule has 0 aliphatic heterocycles. The lowest BCUT2D eigenvalue weighted by atomic mass is 10.1. The maximum Gasteiger partial charge on any atom is 0.248 e. The summed E-state index contributed by atoms with van der Waals surface area (Å²) >= 11 is 0. The first-order chi connectivity index (χ1) is 14.1. The van der Waals surface area contributed by atoms with E-state index in [9.17, 15) is 26.7 Å². The zero-order valence-electron chi connectivity index (χ0n) is 16.1. The Morgan fingerprint density at radius 1 is 1.07 bits per heavy atom. The van der Waals surface area contributed by atoms with Crippen molar-refractivity contribution in [2.24, 2.45) is 7.05 Å². The van der Waals surface area contributed by atoms with Crippen molar-refractivity contribution in [1.29, 1.82) is 0 Å². The molecule has 158 valence electrons. The molecular formula is C19H16F5N5O. The lowest BCUT2D eigenvalue weighted by Gasteiger charge is -2.10. The van der Waals surface area contributed by atoms with E-state index < -0.39 is 47.1 Å². The first-order valence-corrected chi connectivity index (χ1v) is 8.62. The number of aromatic nitrogens is 4. The predicted octanol–water partition coefficient (Wildman–Crippen LogP) is 3.63. The standard InChI is InChI=1S/C19H16F5N5O/c1-9-19(26-13(30)5-4-11-6-25-28(3)7-11)10(2)29(27-9)8-12-14(20)16(22)18(24)17(23)15(12)21/h4-7H,8H2,1-3H3,(H,26,30)/b5-4+. The third kappa shape index (κ3) is 3.95. The van der Waals surface area contributed by atoms with Gasteiger partial charge in [-0.25, -0.2) is 22.0 Å². The number of carbonyl (C=O) groups excluding carboxylic acids is 1. The van der Waals surface area contributed by atoms with Gasteiger partial charge >= 0.3 is 0 Å². The van der Waals surface area contributed by atoms with Gasteiger partial charge in [0.05, 0.1) is 35.4 Å². The maximum atomic E-state index is 14.0. The van der Waals surface area contributed by atoms with E-state index >= 15 is 0 Å². The van der Waals surface area contributed by atoms with Crippen molar-refractivity contribution in [2.75, 3.05) is 5.32 Å². The van der Waals surface area contributed by atoms with Crippen LogP contribution >= 0.6 is 0 Å². The van der Waals surface area contributed by atoms with Crippen LogP contribution in [0.2, 0.25) is 0 Å². The average Bonchev–Trinajstić information content (AvgIpc) is 3.24. The van der Waals surface area contributed by atoms with Gasteiger partial charge in [0.2, 0.25) is 11.7 Å². The molecule has 2 heterocycles. The number of hydrogen-bond donors (Lipinski definition) is 1. The van der Waals surface area contributed by atoms with Crippen LogP contribution in [0.15, 0.2) is 18.5 Å². The normalized spacial score (nSPS) is 11.5. The number of rotatable bonds is 5. The summed E-state index contributed by atoms with van der Waals surface area (Å²) in [5, 5.41) is 10.6. The molecule has 0 spiro atoms. The molecule has 2 aromatic heterocycles. The van der Waals surface area contributed by atoms with E-state index in [0.717, 1.165) is 4.68 Å². The second-order valence-electron chi connectivity index (χ2n) is 6.52. The van der Waals surface area contributed by atoms with Crippen LogP contribution in [0.3, 0.4) is 0 Å². The molecule has 0 aliphatic rings. The van der Waals surface area contributed by atoms with Crippen LogP contribution in [-0.2, 0) is 18.4 Å². The van der Waals surface area contributed by atoms with Gasteiger partial charge in [-0.15, -0.1) is 0 Å². The molecular weight excluding hydrogens is 409 g/mol. The van der Waals surface area contributed by atoms with Gasteiger partial charge in [-0.3, -0.25) is 14.2 Å². The molecule has 11 heteroatoms. The van der Waals surface area contributed by atoms with Crippen LogP contribution in [0.4, 0.5) is 27.6 Å². The summed E-state index contributed by atoms with van der Waals surface area (Å²) in [6, 6.07) is 0. The Kier molecular flexibility index (Phi) is 5.72. The lowest BCUT2D eigenvalue weighted by molar-refractivity contribution is -0.111. The van der Waals surface area contributed by atoms with Crippen LogP contribution < -0.4 is 5.32 Å². The third-order valence-corrected chi connectivity index (χ3v) is 4.39. The van der Waals surface area contributed by atoms with Crippen molar-refractivity contribution >= 4 is 17.7 Å². The van der Waals surface area contributed by atoms with E-state index in [-0.39, 0.29) is 11.4 Å². The van der Waals surface area contributed by atoms with Crippen LogP contribution in [0.1, 0.15) is 22.5 Å². The summed E-state index contributed by atoms with van der Waals surface area (Å²) in [5.41, 5.74) is 0.522. The Bertz CT molecular complexity index is 1140. The van der Waals surface area contributed by atoms with E-state index in [0.29, 0.717) is 11.3 Å². The zero-order chi connectivity index (χ0) is 22.2. The van der Waals surface area contributed by atoms with Crippen LogP contribution in [0.25, 0.3) is 6.08 Å². The number of anilines is 1. The molecule has 0 saturated heterocycles. The number of benzene rings is 1. The first-order valence-electron chi connectivity index (χ1n) is 8.62. The maximum absolute atomic E-state index is 14.0. The van der Waals surface area contributed by atoms with Gasteiger partial charge in [0.25, 0.3) is 0 Å². The molecule has 0 unspecified atom stereocenters. The molecule has 1 aromatic carbocycles. The van der Waals surface area contributed by atoms with Crippen molar-refractivity contribution in [3.05, 3.63) is 70.1 Å². The van der Waals surface area contributed by atoms with E-state index in [1.807, 2.05) is 0 Å². The highest BCUT2D eigenvalue weighted by Crippen LogP contribution is 2.26. The minimum atomic E-state index is -2.23. The monoisotopic (exact) mass is 425 g/mol. The van der Waals surface area contributed by atoms with Gasteiger partial charge in [0.1, 0.15) is 0 Å². The van der Waals surface area contributed by atoms with Crippen molar-refractivity contribution in [3.8, 4) is 0 Å². The second kappa shape index (κ2) is 8.09. The fraction of sp³-hybridized carbons (Fsp3) is 0.211. The predicted molar refractivity (Wildman–Crippen MR) is 97.9 cm³/mol. The molecule has 0 saturated carbocycles. The Balaban J connectivity index is 1.85. The molecule has 3 rings (SSSR count). The highest BCUT2D eigenvalue weighted by atomic mass is 19.2. The Morgan fingerprint density at radius 3 is 2.23 bits per heavy atom. The van der Waals surface area contributed by atoms with E-state index in [2.05, 4.69) is 15.5 Å². The summed E-state index contributed by atoms with van der Waals surface area (Å²) in [5.74, 6) is -10.6. The number of nitrogens with one attached hydrogen (secondary N) is 1. The van der Waals surface area contributed by atoms with Gasteiger partial charge in [-0.2, -0.15) is 10.2 Å². The molecule has 0 radical (unpaired) electrons. The molecule has 0 atom stereocenters. The number of hydrogen-bond acceptors (Lipinski definition) is 3. The molecule has 1 N–H and O–H groups in total. The second-order valence-corrected chi connectivity index (χ2v) is 6.52. The number of nitrogens with zero attached hydrogens (tertiary/aromatic N) is 4. The third-order valence-electron chi connectivity index (χ3n) is 4.39. The molecule has 1 amide bonds. The Hall–Kier alpha value is -3.50. The Morgan fingerprint density at radius 2 is 1.67 bits per heavy atom. The van der Waals surface area contributed by atoms with Crippen molar-refractivity contribution in [2.45, 2.75) is 20.4 Å². The first kappa shape index (κ1) is 21.2. The van der Waals surface area contributed by atoms with Gasteiger partial charge < -0.3 is 5.32 Å². The zero-order valence-corrected chi connectivity index (χ0v) is 16.1. The minimum Gasteiger partial charge on any atom is -0.319 e. The van der Waals surface area contributed by atoms with E-state index in [1.165, 1.54) is 26.0 Å². The fourth-order valence-corrected chi connectivity index (χ4v) is 2.83. The molecule has 3 aromatic rings. The number of halogens is 5. The minimum absolute atomic E-state index is 0.264. The van der Waals surface area contributed by atoms with Gasteiger partial charge in [-0.05, 0) is 19.9 Å². The summed E-state index contributed by atoms with van der Waals surface area (Å²) in [6.45, 7) is 2.31. The topological polar surface area (TPSA) is 64.7 Å². The highest BCUT2D eigenvalue weighted by molar-refractivity contribution is 6.02. The molecule has 30 heavy (non-hydrogen) atoms. The van der Waals surface area contributed by atoms with Crippen LogP contribution in [-0.4, -0.2) is 25.5 Å². The average molecular weight is 425 g/mol. The van der Waals surface area contributed by atoms with Crippen molar-refractivity contribution < 1.29 is 26.7 Å². The van der Waals surface area contributed by atoms with Crippen LogP contribution in [0, 0.1) is 42.9 Å². The fourth-order valence-electron chi connectivity index (χ4n) is 2.83. The van der Waals surface area contributed by atoms with Gasteiger partial charge in [0, 0.05) is 24.9 Å². The van der Waals surface area contributed by atoms with Crippen LogP contribution in [0.5, 0.6) is 0 Å².